The van der Waals surface area contributed by atoms with Crippen molar-refractivity contribution in [2.75, 3.05) is 52.4 Å². The number of ether oxygens (including phenoxy) is 1. The second-order valence-corrected chi connectivity index (χ2v) is 11.2. The molecule has 0 saturated carbocycles. The highest BCUT2D eigenvalue weighted by Gasteiger charge is 2.36. The van der Waals surface area contributed by atoms with Gasteiger partial charge >= 0.3 is 12.1 Å². The topological polar surface area (TPSA) is 241 Å². The van der Waals surface area contributed by atoms with Gasteiger partial charge in [0.2, 0.25) is 35.4 Å². The van der Waals surface area contributed by atoms with Crippen LogP contribution in [0, 0.1) is 0 Å². The molecule has 1 heterocycles. The molecule has 1 atom stereocenters. The number of carbonyl (C=O) groups excluding carboxylic acids is 7. The normalized spacial score (nSPS) is 14.4. The summed E-state index contributed by atoms with van der Waals surface area (Å²) in [7, 11) is 0. The van der Waals surface area contributed by atoms with Gasteiger partial charge < -0.3 is 41.7 Å². The quantitative estimate of drug-likeness (QED) is 0.111. The van der Waals surface area contributed by atoms with Crippen LogP contribution in [-0.2, 0) is 38.3 Å². The van der Waals surface area contributed by atoms with Crippen molar-refractivity contribution >= 4 is 47.5 Å². The number of amides is 7. The van der Waals surface area contributed by atoms with Crippen molar-refractivity contribution in [1.29, 1.82) is 0 Å². The van der Waals surface area contributed by atoms with E-state index in [0.29, 0.717) is 19.4 Å². The Kier molecular flexibility index (Phi) is 12.6. The lowest BCUT2D eigenvalue weighted by molar-refractivity contribution is -0.137. The molecule has 0 radical (unpaired) electrons. The van der Waals surface area contributed by atoms with Crippen molar-refractivity contribution in [3.8, 4) is 11.1 Å². The number of carbonyl (C=O) groups is 8. The second-order valence-electron chi connectivity index (χ2n) is 11.2. The Bertz CT molecular complexity index is 1570. The van der Waals surface area contributed by atoms with Gasteiger partial charge in [0.05, 0.1) is 32.7 Å². The highest BCUT2D eigenvalue weighted by molar-refractivity contribution is 5.93. The van der Waals surface area contributed by atoms with E-state index < -0.39 is 92.8 Å². The molecule has 2 aromatic carbocycles. The highest BCUT2D eigenvalue weighted by atomic mass is 16.6. The van der Waals surface area contributed by atoms with E-state index in [1.165, 1.54) is 4.90 Å². The molecule has 260 valence electrons. The summed E-state index contributed by atoms with van der Waals surface area (Å²) in [6, 6.07) is 15.1. The third-order valence-electron chi connectivity index (χ3n) is 7.77. The Morgan fingerprint density at radius 3 is 1.53 bits per heavy atom. The van der Waals surface area contributed by atoms with Crippen molar-refractivity contribution in [3.63, 3.8) is 0 Å². The Labute approximate surface area is 280 Å². The monoisotopic (exact) mass is 679 g/mol. The Hall–Kier alpha value is -6.00. The molecule has 4 rings (SSSR count). The average Bonchev–Trinajstić information content (AvgIpc) is 3.72. The molecule has 1 fully saturated rings. The predicted octanol–water partition coefficient (Wildman–Crippen LogP) is -1.82. The molecule has 2 aliphatic rings. The summed E-state index contributed by atoms with van der Waals surface area (Å²) < 4.78 is 5.70. The van der Waals surface area contributed by atoms with Crippen molar-refractivity contribution < 1.29 is 48.2 Å². The summed E-state index contributed by atoms with van der Waals surface area (Å²) in [5, 5.41) is 22.0. The lowest BCUT2D eigenvalue weighted by Gasteiger charge is -2.24. The minimum atomic E-state index is -1.25. The zero-order chi connectivity index (χ0) is 35.3. The molecule has 1 aliphatic carbocycles. The summed E-state index contributed by atoms with van der Waals surface area (Å²) in [5.74, 6) is -5.49. The van der Waals surface area contributed by atoms with Gasteiger partial charge in [-0.2, -0.15) is 0 Å². The fourth-order valence-electron chi connectivity index (χ4n) is 5.42. The van der Waals surface area contributed by atoms with Gasteiger partial charge in [0.25, 0.3) is 0 Å². The van der Waals surface area contributed by atoms with Gasteiger partial charge in [0.15, 0.2) is 0 Å². The van der Waals surface area contributed by atoms with E-state index in [0.717, 1.165) is 22.3 Å². The lowest BCUT2D eigenvalue weighted by Crippen LogP contribution is -2.49. The van der Waals surface area contributed by atoms with E-state index in [9.17, 15) is 38.4 Å². The van der Waals surface area contributed by atoms with Crippen LogP contribution in [0.3, 0.4) is 0 Å². The summed E-state index contributed by atoms with van der Waals surface area (Å²) in [6.07, 6.45) is 0.357. The number of fused-ring (bicyclic) bond motifs is 3. The van der Waals surface area contributed by atoms with Crippen LogP contribution in [0.25, 0.3) is 11.1 Å². The van der Waals surface area contributed by atoms with Crippen LogP contribution >= 0.6 is 0 Å². The zero-order valence-corrected chi connectivity index (χ0v) is 26.4. The van der Waals surface area contributed by atoms with Crippen LogP contribution in [0.4, 0.5) is 4.79 Å². The maximum atomic E-state index is 13.1. The molecule has 1 saturated heterocycles. The van der Waals surface area contributed by atoms with Gasteiger partial charge in [0.1, 0.15) is 19.2 Å². The number of aliphatic carboxylic acids is 1. The number of hydrogen-bond donors (Lipinski definition) is 7. The minimum absolute atomic E-state index is 0.108. The number of carboxylic acids is 1. The van der Waals surface area contributed by atoms with E-state index in [2.05, 4.69) is 26.6 Å². The second kappa shape index (κ2) is 17.2. The summed E-state index contributed by atoms with van der Waals surface area (Å²) in [6.45, 7) is -2.62. The molecule has 0 bridgehead atoms. The smallest absolute Gasteiger partial charge is 0.410 e. The predicted molar refractivity (Wildman–Crippen MR) is 170 cm³/mol. The SMILES string of the molecule is O=C(O)CNC(=O)CNC(=O)CNC(=O)CNC(=O)CNC(=O)CNC(=O)[C@@H]1CCCN1C(=O)OCC1c2ccccc2-c2ccccc21. The van der Waals surface area contributed by atoms with Crippen LogP contribution in [0.5, 0.6) is 0 Å². The van der Waals surface area contributed by atoms with Gasteiger partial charge in [-0.25, -0.2) is 4.79 Å². The number of rotatable bonds is 15. The van der Waals surface area contributed by atoms with E-state index >= 15 is 0 Å². The first kappa shape index (κ1) is 35.8. The maximum Gasteiger partial charge on any atom is 0.410 e. The number of likely N-dealkylation sites (tertiary alicyclic amines) is 1. The van der Waals surface area contributed by atoms with Gasteiger partial charge in [0, 0.05) is 12.5 Å². The van der Waals surface area contributed by atoms with Gasteiger partial charge in [-0.05, 0) is 35.1 Å². The molecule has 1 aliphatic heterocycles. The fourth-order valence-corrected chi connectivity index (χ4v) is 5.42. The molecule has 0 spiro atoms. The molecular formula is C32H37N7O10. The maximum absolute atomic E-state index is 13.1. The Morgan fingerprint density at radius 2 is 1.06 bits per heavy atom. The number of benzene rings is 2. The first-order chi connectivity index (χ1) is 23.5. The molecule has 2 aromatic rings. The highest BCUT2D eigenvalue weighted by Crippen LogP contribution is 2.44. The third kappa shape index (κ3) is 10.2. The molecule has 7 N–H and O–H groups in total. The van der Waals surface area contributed by atoms with Crippen molar-refractivity contribution in [2.45, 2.75) is 24.8 Å². The molecule has 17 nitrogen and oxygen atoms in total. The fraction of sp³-hybridized carbons (Fsp3) is 0.375. The van der Waals surface area contributed by atoms with E-state index in [1.807, 2.05) is 53.8 Å². The average molecular weight is 680 g/mol. The van der Waals surface area contributed by atoms with E-state index in [1.54, 1.807) is 0 Å². The molecule has 0 unspecified atom stereocenters. The van der Waals surface area contributed by atoms with Crippen LogP contribution in [-0.4, -0.2) is 116 Å². The molecule has 0 aromatic heterocycles. The third-order valence-corrected chi connectivity index (χ3v) is 7.77. The van der Waals surface area contributed by atoms with Crippen molar-refractivity contribution in [3.05, 3.63) is 59.7 Å². The number of hydrogen-bond acceptors (Lipinski definition) is 9. The van der Waals surface area contributed by atoms with Gasteiger partial charge in [-0.3, -0.25) is 38.5 Å². The van der Waals surface area contributed by atoms with Crippen molar-refractivity contribution in [2.24, 2.45) is 0 Å². The first-order valence-corrected chi connectivity index (χ1v) is 15.5. The molecule has 17 heteroatoms. The van der Waals surface area contributed by atoms with Crippen LogP contribution in [0.1, 0.15) is 29.9 Å². The van der Waals surface area contributed by atoms with E-state index in [4.69, 9.17) is 9.84 Å². The van der Waals surface area contributed by atoms with E-state index in [-0.39, 0.29) is 12.5 Å². The minimum Gasteiger partial charge on any atom is -0.480 e. The Morgan fingerprint density at radius 1 is 0.633 bits per heavy atom. The lowest BCUT2D eigenvalue weighted by atomic mass is 9.98. The van der Waals surface area contributed by atoms with Gasteiger partial charge in [-0.1, -0.05) is 48.5 Å². The van der Waals surface area contributed by atoms with Gasteiger partial charge in [-0.15, -0.1) is 0 Å². The summed E-state index contributed by atoms with van der Waals surface area (Å²) in [5.41, 5.74) is 4.33. The molecular weight excluding hydrogens is 642 g/mol. The largest absolute Gasteiger partial charge is 0.480 e. The van der Waals surface area contributed by atoms with Crippen molar-refractivity contribution in [1.82, 2.24) is 36.8 Å². The number of carboxylic acid groups (broad SMARTS) is 1. The summed E-state index contributed by atoms with van der Waals surface area (Å²) in [4.78, 5) is 96.9. The standard InChI is InChI=1S/C32H37N7O10/c40-25(33-13-26(41)35-15-28(43)37-17-30(45)46)12-34-27(42)14-36-29(44)16-38-31(47)24-10-5-11-39(24)32(48)49-18-23-21-8-3-1-6-19(21)20-7-2-4-9-22(20)23/h1-4,6-9,23-24H,5,10-18H2,(H,33,40)(H,34,42)(H,35,41)(H,36,44)(H,37,43)(H,38,47)(H,45,46)/t24-/m0/s1. The zero-order valence-electron chi connectivity index (χ0n) is 26.4. The number of nitrogens with one attached hydrogen (secondary N) is 6. The molecule has 49 heavy (non-hydrogen) atoms. The van der Waals surface area contributed by atoms with Crippen LogP contribution in [0.15, 0.2) is 48.5 Å². The number of nitrogens with zero attached hydrogens (tertiary/aromatic N) is 1. The first-order valence-electron chi connectivity index (χ1n) is 15.5. The molecule has 7 amide bonds. The van der Waals surface area contributed by atoms with Crippen LogP contribution < -0.4 is 31.9 Å². The summed E-state index contributed by atoms with van der Waals surface area (Å²) >= 11 is 0. The Balaban J connectivity index is 1.11. The van der Waals surface area contributed by atoms with Crippen LogP contribution in [0.2, 0.25) is 0 Å².